The summed E-state index contributed by atoms with van der Waals surface area (Å²) in [6, 6.07) is 69.1. The summed E-state index contributed by atoms with van der Waals surface area (Å²) in [6.07, 6.45) is 8.86. The number of allylic oxidation sites excluding steroid dienone is 1. The second kappa shape index (κ2) is 15.2. The van der Waals surface area contributed by atoms with Crippen LogP contribution in [-0.2, 0) is 0 Å². The highest BCUT2D eigenvalue weighted by Gasteiger charge is 2.24. The fourth-order valence-electron chi connectivity index (χ4n) is 11.5. The van der Waals surface area contributed by atoms with Crippen LogP contribution in [0.15, 0.2) is 188 Å². The SMILES string of the molecule is Cc1ccc(N(c2ccc(C)cc2)c2ccc3c4ccc5c6cccc7c(N(c8ccc(C)cc8)c8ccc(C=C9CCCCC9)cc8)ccc(c8ccc(c9cccc2c93)c4c58)c76)cc1. The standard InChI is InChI=1S/C64H50N2/c1-40-15-23-45(24-16-40)65(46-25-17-41(2)18-26-46)59-37-35-51-55-33-32-54-50-12-8-14-58-60(38-36-52(62(50)58)56-34-31-53(63(55)64(54)56)49-11-7-13-57(59)61(49)51)66(47-27-19-42(3)20-28-47)48-29-21-44(22-30-48)39-43-9-5-4-6-10-43/h7-8,11-39H,4-6,9-10H2,1-3H3. The maximum atomic E-state index is 2.46. The van der Waals surface area contributed by atoms with E-state index >= 15 is 0 Å². The number of rotatable bonds is 7. The van der Waals surface area contributed by atoms with E-state index in [0.717, 1.165) is 22.7 Å². The van der Waals surface area contributed by atoms with Crippen molar-refractivity contribution in [3.05, 3.63) is 210 Å². The van der Waals surface area contributed by atoms with Crippen molar-refractivity contribution in [2.24, 2.45) is 0 Å². The first-order valence-corrected chi connectivity index (χ1v) is 23.8. The second-order valence-electron chi connectivity index (χ2n) is 18.9. The van der Waals surface area contributed by atoms with E-state index in [-0.39, 0.29) is 0 Å². The molecule has 12 aromatic carbocycles. The highest BCUT2D eigenvalue weighted by Crippen LogP contribution is 2.51. The Hall–Kier alpha value is -7.68. The summed E-state index contributed by atoms with van der Waals surface area (Å²) in [5.41, 5.74) is 13.6. The van der Waals surface area contributed by atoms with Crippen molar-refractivity contribution in [3.8, 4) is 0 Å². The van der Waals surface area contributed by atoms with Gasteiger partial charge < -0.3 is 9.80 Å². The highest BCUT2D eigenvalue weighted by atomic mass is 15.1. The molecule has 0 unspecified atom stereocenters. The Labute approximate surface area is 386 Å². The van der Waals surface area contributed by atoms with E-state index in [0.29, 0.717) is 0 Å². The first-order chi connectivity index (χ1) is 32.5. The van der Waals surface area contributed by atoms with E-state index in [9.17, 15) is 0 Å². The van der Waals surface area contributed by atoms with Crippen molar-refractivity contribution >= 4 is 116 Å². The zero-order valence-corrected chi connectivity index (χ0v) is 37.8. The van der Waals surface area contributed by atoms with Crippen LogP contribution in [0, 0.1) is 20.8 Å². The Morgan fingerprint density at radius 3 is 1.02 bits per heavy atom. The monoisotopic (exact) mass is 846 g/mol. The van der Waals surface area contributed by atoms with Crippen LogP contribution >= 0.6 is 0 Å². The molecule has 0 N–H and O–H groups in total. The minimum Gasteiger partial charge on any atom is -0.310 e. The fraction of sp³-hybridized carbons (Fsp3) is 0.125. The molecule has 0 heterocycles. The Bertz CT molecular complexity index is 3720. The molecule has 0 aromatic heterocycles. The van der Waals surface area contributed by atoms with Crippen LogP contribution in [0.3, 0.4) is 0 Å². The van der Waals surface area contributed by atoms with Gasteiger partial charge in [-0.3, -0.25) is 0 Å². The third kappa shape index (κ3) is 6.08. The summed E-state index contributed by atoms with van der Waals surface area (Å²) in [6.45, 7) is 6.48. The van der Waals surface area contributed by atoms with Gasteiger partial charge in [0.2, 0.25) is 0 Å². The molecule has 0 radical (unpaired) electrons. The molecule has 1 aliphatic carbocycles. The zero-order valence-electron chi connectivity index (χ0n) is 37.8. The molecule has 0 atom stereocenters. The Kier molecular flexibility index (Phi) is 8.93. The van der Waals surface area contributed by atoms with Gasteiger partial charge >= 0.3 is 0 Å². The van der Waals surface area contributed by atoms with E-state index in [4.69, 9.17) is 0 Å². The van der Waals surface area contributed by atoms with Crippen LogP contribution in [0.25, 0.3) is 81.5 Å². The third-order valence-corrected chi connectivity index (χ3v) is 14.7. The third-order valence-electron chi connectivity index (χ3n) is 14.7. The van der Waals surface area contributed by atoms with Gasteiger partial charge in [-0.1, -0.05) is 156 Å². The normalized spacial score (nSPS) is 13.3. The molecule has 316 valence electrons. The Morgan fingerprint density at radius 2 is 0.621 bits per heavy atom. The summed E-state index contributed by atoms with van der Waals surface area (Å²) < 4.78 is 0. The van der Waals surface area contributed by atoms with Crippen LogP contribution in [-0.4, -0.2) is 0 Å². The van der Waals surface area contributed by atoms with E-state index < -0.39 is 0 Å². The smallest absolute Gasteiger partial charge is 0.0540 e. The largest absolute Gasteiger partial charge is 0.310 e. The molecule has 2 heteroatoms. The van der Waals surface area contributed by atoms with Crippen LogP contribution in [0.1, 0.15) is 54.4 Å². The number of anilines is 6. The summed E-state index contributed by atoms with van der Waals surface area (Å²) in [5.74, 6) is 0. The summed E-state index contributed by atoms with van der Waals surface area (Å²) in [5, 5.41) is 18.2. The van der Waals surface area contributed by atoms with Gasteiger partial charge in [0.25, 0.3) is 0 Å². The van der Waals surface area contributed by atoms with E-state index in [1.807, 2.05) is 0 Å². The van der Waals surface area contributed by atoms with Gasteiger partial charge in [0.1, 0.15) is 0 Å². The lowest BCUT2D eigenvalue weighted by atomic mass is 9.83. The van der Waals surface area contributed by atoms with E-state index in [1.54, 1.807) is 5.57 Å². The van der Waals surface area contributed by atoms with Crippen molar-refractivity contribution in [1.82, 2.24) is 0 Å². The van der Waals surface area contributed by atoms with Crippen molar-refractivity contribution in [2.45, 2.75) is 52.9 Å². The van der Waals surface area contributed by atoms with Crippen molar-refractivity contribution in [1.29, 1.82) is 0 Å². The molecule has 2 nitrogen and oxygen atoms in total. The maximum Gasteiger partial charge on any atom is 0.0540 e. The lowest BCUT2D eigenvalue weighted by Crippen LogP contribution is -2.10. The lowest BCUT2D eigenvalue weighted by molar-refractivity contribution is 0.602. The molecule has 1 fully saturated rings. The minimum atomic E-state index is 1.15. The zero-order chi connectivity index (χ0) is 44.0. The summed E-state index contributed by atoms with van der Waals surface area (Å²) in [4.78, 5) is 4.88. The number of aryl methyl sites for hydroxylation is 3. The molecule has 1 aliphatic rings. The van der Waals surface area contributed by atoms with Crippen LogP contribution in [0.4, 0.5) is 34.1 Å². The van der Waals surface area contributed by atoms with E-state index in [1.165, 1.54) is 141 Å². The predicted octanol–water partition coefficient (Wildman–Crippen LogP) is 18.8. The van der Waals surface area contributed by atoms with Gasteiger partial charge in [-0.05, 0) is 177 Å². The molecule has 12 aromatic rings. The molecule has 0 amide bonds. The quantitative estimate of drug-likeness (QED) is 0.116. The lowest BCUT2D eigenvalue weighted by Gasteiger charge is -2.29. The number of fused-ring (bicyclic) bond motifs is 4. The minimum absolute atomic E-state index is 1.15. The highest BCUT2D eigenvalue weighted by molar-refractivity contribution is 6.43. The molecule has 1 saturated carbocycles. The molecular formula is C64H50N2. The van der Waals surface area contributed by atoms with E-state index in [2.05, 4.69) is 219 Å². The second-order valence-corrected chi connectivity index (χ2v) is 18.9. The average molecular weight is 847 g/mol. The fourth-order valence-corrected chi connectivity index (χ4v) is 11.5. The Balaban J connectivity index is 1.01. The molecule has 0 bridgehead atoms. The van der Waals surface area contributed by atoms with Crippen LogP contribution < -0.4 is 9.80 Å². The van der Waals surface area contributed by atoms with Crippen molar-refractivity contribution in [2.75, 3.05) is 9.80 Å². The average Bonchev–Trinajstić information content (AvgIpc) is 3.36. The number of benzene rings is 12. The molecule has 0 saturated heterocycles. The molecule has 13 rings (SSSR count). The van der Waals surface area contributed by atoms with Gasteiger partial charge in [0.05, 0.1) is 11.4 Å². The maximum absolute atomic E-state index is 2.46. The van der Waals surface area contributed by atoms with Crippen molar-refractivity contribution < 1.29 is 0 Å². The number of hydrogen-bond donors (Lipinski definition) is 0. The van der Waals surface area contributed by atoms with Gasteiger partial charge in [-0.2, -0.15) is 0 Å². The van der Waals surface area contributed by atoms with Crippen LogP contribution in [0.2, 0.25) is 0 Å². The molecular weight excluding hydrogens is 797 g/mol. The van der Waals surface area contributed by atoms with Crippen molar-refractivity contribution in [3.63, 3.8) is 0 Å². The Morgan fingerprint density at radius 1 is 0.303 bits per heavy atom. The topological polar surface area (TPSA) is 6.48 Å². The number of hydrogen-bond acceptors (Lipinski definition) is 2. The number of nitrogens with zero attached hydrogens (tertiary/aromatic N) is 2. The van der Waals surface area contributed by atoms with Gasteiger partial charge in [-0.25, -0.2) is 0 Å². The van der Waals surface area contributed by atoms with Gasteiger partial charge in [-0.15, -0.1) is 0 Å². The first kappa shape index (κ1) is 38.8. The molecule has 0 aliphatic heterocycles. The van der Waals surface area contributed by atoms with Crippen LogP contribution in [0.5, 0.6) is 0 Å². The molecule has 0 spiro atoms. The molecule has 66 heavy (non-hydrogen) atoms. The van der Waals surface area contributed by atoms with Gasteiger partial charge in [0.15, 0.2) is 0 Å². The predicted molar refractivity (Wildman–Crippen MR) is 286 cm³/mol. The summed E-state index contributed by atoms with van der Waals surface area (Å²) >= 11 is 0. The van der Waals surface area contributed by atoms with Gasteiger partial charge in [0, 0.05) is 33.5 Å². The summed E-state index contributed by atoms with van der Waals surface area (Å²) in [7, 11) is 0. The first-order valence-electron chi connectivity index (χ1n) is 23.8.